The topological polar surface area (TPSA) is 99.2 Å². The molecule has 0 aromatic heterocycles. The number of ether oxygens (including phenoxy) is 1. The number of nitrogens with one attached hydrogen (secondary N) is 1. The fraction of sp³-hybridized carbons (Fsp3) is 0.400. The maximum Gasteiger partial charge on any atom is 0.300 e. The Morgan fingerprint density at radius 3 is 2.05 bits per heavy atom. The van der Waals surface area contributed by atoms with Crippen LogP contribution in [0.1, 0.15) is 49.8 Å². The van der Waals surface area contributed by atoms with Gasteiger partial charge in [-0.1, -0.05) is 79.7 Å². The number of benzene rings is 3. The molecule has 1 atom stereocenters. The average Bonchev–Trinajstić information content (AvgIpc) is 3.02. The maximum atomic E-state index is 13.7. The van der Waals surface area contributed by atoms with Gasteiger partial charge in [0.05, 0.1) is 0 Å². The molecular formula is C35H43N3O5. The molecule has 8 heteroatoms. The van der Waals surface area contributed by atoms with Crippen molar-refractivity contribution in [1.82, 2.24) is 15.1 Å². The van der Waals surface area contributed by atoms with E-state index >= 15 is 0 Å². The molecule has 2 amide bonds. The Hall–Kier alpha value is -4.17. The molecule has 3 aromatic carbocycles. The highest BCUT2D eigenvalue weighted by Crippen LogP contribution is 2.34. The van der Waals surface area contributed by atoms with Crippen molar-refractivity contribution in [1.29, 1.82) is 0 Å². The number of carboxylic acids is 1. The first-order valence-electron chi connectivity index (χ1n) is 15.1. The highest BCUT2D eigenvalue weighted by molar-refractivity contribution is 6.00. The summed E-state index contributed by atoms with van der Waals surface area (Å²) in [5, 5.41) is 10.5. The van der Waals surface area contributed by atoms with Crippen molar-refractivity contribution in [2.24, 2.45) is 0 Å². The van der Waals surface area contributed by atoms with Gasteiger partial charge in [-0.15, -0.1) is 0 Å². The Morgan fingerprint density at radius 2 is 1.47 bits per heavy atom. The molecule has 2 aliphatic heterocycles. The van der Waals surface area contributed by atoms with Crippen molar-refractivity contribution in [3.8, 4) is 5.75 Å². The smallest absolute Gasteiger partial charge is 0.300 e. The molecule has 5 rings (SSSR count). The third-order valence-corrected chi connectivity index (χ3v) is 8.11. The van der Waals surface area contributed by atoms with E-state index in [0.29, 0.717) is 32.4 Å². The molecule has 8 nitrogen and oxygen atoms in total. The second-order valence-electron chi connectivity index (χ2n) is 11.3. The summed E-state index contributed by atoms with van der Waals surface area (Å²) in [6.07, 6.45) is 3.66. The summed E-state index contributed by atoms with van der Waals surface area (Å²) >= 11 is 0. The molecule has 2 saturated heterocycles. The van der Waals surface area contributed by atoms with Crippen molar-refractivity contribution in [3.05, 3.63) is 102 Å². The maximum absolute atomic E-state index is 13.7. The molecule has 0 bridgehead atoms. The van der Waals surface area contributed by atoms with Crippen LogP contribution in [0.25, 0.3) is 0 Å². The summed E-state index contributed by atoms with van der Waals surface area (Å²) < 4.78 is 5.90. The number of aliphatic carboxylic acids is 1. The number of likely N-dealkylation sites (tertiary alicyclic amines) is 1. The van der Waals surface area contributed by atoms with E-state index in [9.17, 15) is 9.59 Å². The molecule has 0 unspecified atom stereocenters. The lowest BCUT2D eigenvalue weighted by molar-refractivity contribution is -0.161. The molecule has 2 N–H and O–H groups in total. The van der Waals surface area contributed by atoms with Crippen molar-refractivity contribution in [2.45, 2.75) is 64.1 Å². The van der Waals surface area contributed by atoms with E-state index < -0.39 is 17.6 Å². The summed E-state index contributed by atoms with van der Waals surface area (Å²) in [4.78, 5) is 40.7. The first-order valence-corrected chi connectivity index (χ1v) is 15.1. The van der Waals surface area contributed by atoms with Gasteiger partial charge in [-0.25, -0.2) is 0 Å². The van der Waals surface area contributed by atoms with Crippen molar-refractivity contribution >= 4 is 17.8 Å². The second-order valence-corrected chi connectivity index (χ2v) is 11.3. The Bertz CT molecular complexity index is 1320. The zero-order chi connectivity index (χ0) is 30.7. The largest absolute Gasteiger partial charge is 0.489 e. The number of piperazine rings is 1. The van der Waals surface area contributed by atoms with Crippen LogP contribution < -0.4 is 10.1 Å². The van der Waals surface area contributed by atoms with Crippen LogP contribution in [-0.2, 0) is 33.8 Å². The molecule has 3 aromatic rings. The van der Waals surface area contributed by atoms with Crippen molar-refractivity contribution < 1.29 is 24.2 Å². The van der Waals surface area contributed by atoms with E-state index in [1.807, 2.05) is 65.6 Å². The Morgan fingerprint density at radius 1 is 0.884 bits per heavy atom. The Labute approximate surface area is 254 Å². The number of amides is 2. The summed E-state index contributed by atoms with van der Waals surface area (Å²) in [7, 11) is 0. The van der Waals surface area contributed by atoms with E-state index in [0.717, 1.165) is 56.3 Å². The van der Waals surface area contributed by atoms with Gasteiger partial charge >= 0.3 is 0 Å². The van der Waals surface area contributed by atoms with Crippen LogP contribution >= 0.6 is 0 Å². The lowest BCUT2D eigenvalue weighted by Crippen LogP contribution is -2.73. The zero-order valence-corrected chi connectivity index (χ0v) is 25.2. The molecule has 0 radical (unpaired) electrons. The monoisotopic (exact) mass is 585 g/mol. The van der Waals surface area contributed by atoms with Crippen molar-refractivity contribution in [2.75, 3.05) is 26.2 Å². The highest BCUT2D eigenvalue weighted by Gasteiger charge is 2.53. The van der Waals surface area contributed by atoms with Crippen LogP contribution in [0.2, 0.25) is 0 Å². The minimum absolute atomic E-state index is 0.00562. The molecule has 0 saturated carbocycles. The normalized spacial score (nSPS) is 18.0. The minimum Gasteiger partial charge on any atom is -0.489 e. The molecule has 2 aliphatic rings. The van der Waals surface area contributed by atoms with E-state index in [2.05, 4.69) is 41.4 Å². The van der Waals surface area contributed by atoms with Crippen LogP contribution in [0.3, 0.4) is 0 Å². The number of piperidine rings is 1. The Kier molecular flexibility index (Phi) is 11.3. The lowest BCUT2D eigenvalue weighted by atomic mass is 9.81. The van der Waals surface area contributed by atoms with Gasteiger partial charge in [0, 0.05) is 39.5 Å². The van der Waals surface area contributed by atoms with Gasteiger partial charge in [0.25, 0.3) is 5.97 Å². The third kappa shape index (κ3) is 8.67. The predicted molar refractivity (Wildman–Crippen MR) is 167 cm³/mol. The fourth-order valence-corrected chi connectivity index (χ4v) is 5.84. The summed E-state index contributed by atoms with van der Waals surface area (Å²) in [5.74, 6) is -0.00291. The van der Waals surface area contributed by atoms with Crippen LogP contribution in [-0.4, -0.2) is 70.4 Å². The third-order valence-electron chi connectivity index (χ3n) is 8.11. The molecule has 0 aliphatic carbocycles. The quantitative estimate of drug-likeness (QED) is 0.358. The first kappa shape index (κ1) is 31.8. The summed E-state index contributed by atoms with van der Waals surface area (Å²) in [6.45, 7) is 6.89. The predicted octanol–water partition coefficient (Wildman–Crippen LogP) is 4.71. The van der Waals surface area contributed by atoms with E-state index in [-0.39, 0.29) is 11.8 Å². The van der Waals surface area contributed by atoms with Crippen LogP contribution in [0.4, 0.5) is 0 Å². The number of rotatable bonds is 10. The molecule has 228 valence electrons. The number of carbonyl (C=O) groups is 3. The second kappa shape index (κ2) is 15.3. The fourth-order valence-electron chi connectivity index (χ4n) is 5.84. The van der Waals surface area contributed by atoms with Gasteiger partial charge in [0.2, 0.25) is 11.8 Å². The van der Waals surface area contributed by atoms with Gasteiger partial charge < -0.3 is 25.0 Å². The SMILES string of the molecule is CC(=O)O.CCCN1C(=O)[C@H](Cc2ccc(OCc3ccccc3)cc2)NC(=O)C12CCN(CCc1ccccc1)CC2. The van der Waals surface area contributed by atoms with E-state index in [1.54, 1.807) is 0 Å². The molecule has 2 fully saturated rings. The molecule has 1 spiro atoms. The summed E-state index contributed by atoms with van der Waals surface area (Å²) in [6, 6.07) is 27.9. The molecule has 2 heterocycles. The number of hydrogen-bond acceptors (Lipinski definition) is 5. The average molecular weight is 586 g/mol. The van der Waals surface area contributed by atoms with Gasteiger partial charge in [0.1, 0.15) is 23.9 Å². The van der Waals surface area contributed by atoms with Gasteiger partial charge in [0.15, 0.2) is 0 Å². The Balaban J connectivity index is 0.000000996. The number of carbonyl (C=O) groups excluding carboxylic acids is 2. The molecular weight excluding hydrogens is 542 g/mol. The standard InChI is InChI=1S/C33H39N3O3.C2H4O2/c1-2-20-36-31(37)30(24-27-13-15-29(16-14-27)39-25-28-11-7-4-8-12-28)34-32(38)33(36)18-22-35(23-19-33)21-17-26-9-5-3-6-10-26;1-2(3)4/h3-16,30H,2,17-25H2,1H3,(H,34,38);1H3,(H,3,4)/t30-;/m0./s1. The highest BCUT2D eigenvalue weighted by atomic mass is 16.5. The van der Waals surface area contributed by atoms with Gasteiger partial charge in [-0.2, -0.15) is 0 Å². The first-order chi connectivity index (χ1) is 20.8. The zero-order valence-electron chi connectivity index (χ0n) is 25.2. The number of carboxylic acid groups (broad SMARTS) is 1. The summed E-state index contributed by atoms with van der Waals surface area (Å²) in [5.41, 5.74) is 2.71. The van der Waals surface area contributed by atoms with E-state index in [1.165, 1.54) is 5.56 Å². The minimum atomic E-state index is -0.833. The number of hydrogen-bond donors (Lipinski definition) is 2. The van der Waals surface area contributed by atoms with Gasteiger partial charge in [-0.05, 0) is 54.5 Å². The molecule has 43 heavy (non-hydrogen) atoms. The van der Waals surface area contributed by atoms with E-state index in [4.69, 9.17) is 14.6 Å². The van der Waals surface area contributed by atoms with Crippen molar-refractivity contribution in [3.63, 3.8) is 0 Å². The van der Waals surface area contributed by atoms with Crippen LogP contribution in [0.15, 0.2) is 84.9 Å². The van der Waals surface area contributed by atoms with Gasteiger partial charge in [-0.3, -0.25) is 14.4 Å². The van der Waals surface area contributed by atoms with Crippen LogP contribution in [0, 0.1) is 0 Å². The number of nitrogens with zero attached hydrogens (tertiary/aromatic N) is 2. The lowest BCUT2D eigenvalue weighted by Gasteiger charge is -2.51. The van der Waals surface area contributed by atoms with Crippen LogP contribution in [0.5, 0.6) is 5.75 Å².